The number of anilines is 1. The van der Waals surface area contributed by atoms with Crippen LogP contribution in [-0.2, 0) is 16.0 Å². The van der Waals surface area contributed by atoms with Gasteiger partial charge in [-0.15, -0.1) is 0 Å². The van der Waals surface area contributed by atoms with Gasteiger partial charge in [0, 0.05) is 6.42 Å². The average molecular weight is 325 g/mol. The lowest BCUT2D eigenvalue weighted by atomic mass is 9.96. The maximum Gasteiger partial charge on any atom is 0.339 e. The molecule has 0 spiro atoms. The van der Waals surface area contributed by atoms with Crippen molar-refractivity contribution in [2.24, 2.45) is 0 Å². The zero-order valence-electron chi connectivity index (χ0n) is 12.9. The smallest absolute Gasteiger partial charge is 0.339 e. The molecule has 0 saturated heterocycles. The van der Waals surface area contributed by atoms with Crippen LogP contribution in [0.25, 0.3) is 0 Å². The number of amides is 1. The van der Waals surface area contributed by atoms with Gasteiger partial charge in [0.15, 0.2) is 6.10 Å². The molecule has 0 aromatic heterocycles. The van der Waals surface area contributed by atoms with Crippen LogP contribution in [0.4, 0.5) is 5.69 Å². The molecule has 0 aliphatic carbocycles. The number of hydrogen-bond acceptors (Lipinski definition) is 4. The number of hydrogen-bond donors (Lipinski definition) is 2. The molecule has 0 radical (unpaired) electrons. The highest BCUT2D eigenvalue weighted by molar-refractivity contribution is 6.04. The molecule has 1 aliphatic rings. The molecule has 2 aromatic carbocycles. The molecule has 1 amide bonds. The summed E-state index contributed by atoms with van der Waals surface area (Å²) in [5.74, 6) is -2.25. The minimum Gasteiger partial charge on any atom is -0.478 e. The molecule has 0 bridgehead atoms. The number of rotatable bonds is 3. The number of carboxylic acid groups (broad SMARTS) is 1. The highest BCUT2D eigenvalue weighted by Crippen LogP contribution is 2.23. The largest absolute Gasteiger partial charge is 0.478 e. The molecule has 3 rings (SSSR count). The minimum absolute atomic E-state index is 0.0241. The molecular weight excluding hydrogens is 310 g/mol. The molecule has 0 saturated carbocycles. The third kappa shape index (κ3) is 2.99. The van der Waals surface area contributed by atoms with Crippen molar-refractivity contribution in [1.29, 1.82) is 0 Å². The molecule has 1 heterocycles. The Balaban J connectivity index is 1.81. The van der Waals surface area contributed by atoms with E-state index in [0.29, 0.717) is 5.56 Å². The lowest BCUT2D eigenvalue weighted by Crippen LogP contribution is -2.38. The van der Waals surface area contributed by atoms with Crippen LogP contribution < -0.4 is 5.32 Å². The van der Waals surface area contributed by atoms with E-state index in [2.05, 4.69) is 5.32 Å². The summed E-state index contributed by atoms with van der Waals surface area (Å²) in [5, 5.41) is 11.7. The van der Waals surface area contributed by atoms with Gasteiger partial charge in [0.2, 0.25) is 0 Å². The molecule has 6 heteroatoms. The Bertz CT molecular complexity index is 843. The van der Waals surface area contributed by atoms with Gasteiger partial charge in [0.25, 0.3) is 5.91 Å². The number of para-hydroxylation sites is 1. The minimum atomic E-state index is -1.15. The van der Waals surface area contributed by atoms with Crippen LogP contribution in [0.3, 0.4) is 0 Å². The standard InChI is InChI=1S/C18H15NO5/c1-10-6-7-11-9-15(24-18(23)13(11)8-10)16(20)19-14-5-3-2-4-12(14)17(21)22/h2-8,15H,9H2,1H3,(H,19,20)(H,21,22)/t15-/m0/s1. The van der Waals surface area contributed by atoms with Gasteiger partial charge in [0.1, 0.15) is 0 Å². The number of cyclic esters (lactones) is 1. The number of aryl methyl sites for hydroxylation is 1. The van der Waals surface area contributed by atoms with E-state index in [-0.39, 0.29) is 17.7 Å². The second-order valence-electron chi connectivity index (χ2n) is 5.60. The number of nitrogens with one attached hydrogen (secondary N) is 1. The predicted molar refractivity (Wildman–Crippen MR) is 86.1 cm³/mol. The fourth-order valence-corrected chi connectivity index (χ4v) is 2.63. The van der Waals surface area contributed by atoms with Gasteiger partial charge < -0.3 is 15.2 Å². The Hall–Kier alpha value is -3.15. The summed E-state index contributed by atoms with van der Waals surface area (Å²) < 4.78 is 5.20. The van der Waals surface area contributed by atoms with Gasteiger partial charge in [-0.05, 0) is 30.7 Å². The molecule has 6 nitrogen and oxygen atoms in total. The quantitative estimate of drug-likeness (QED) is 0.845. The first-order valence-electron chi connectivity index (χ1n) is 7.39. The monoisotopic (exact) mass is 325 g/mol. The summed E-state index contributed by atoms with van der Waals surface area (Å²) in [6.07, 6.45) is -0.739. The van der Waals surface area contributed by atoms with E-state index in [1.165, 1.54) is 12.1 Å². The summed E-state index contributed by atoms with van der Waals surface area (Å²) in [5.41, 5.74) is 2.28. The van der Waals surface area contributed by atoms with Gasteiger partial charge in [-0.25, -0.2) is 9.59 Å². The SMILES string of the molecule is Cc1ccc2c(c1)C(=O)O[C@H](C(=O)Nc1ccccc1C(=O)O)C2. The Kier molecular flexibility index (Phi) is 4.04. The van der Waals surface area contributed by atoms with Crippen molar-refractivity contribution in [2.45, 2.75) is 19.4 Å². The fraction of sp³-hybridized carbons (Fsp3) is 0.167. The Morgan fingerprint density at radius 1 is 1.21 bits per heavy atom. The number of ether oxygens (including phenoxy) is 1. The molecule has 122 valence electrons. The second-order valence-corrected chi connectivity index (χ2v) is 5.60. The number of fused-ring (bicyclic) bond motifs is 1. The van der Waals surface area contributed by atoms with E-state index in [4.69, 9.17) is 9.84 Å². The molecular formula is C18H15NO5. The Morgan fingerprint density at radius 3 is 2.71 bits per heavy atom. The van der Waals surface area contributed by atoms with Crippen molar-refractivity contribution < 1.29 is 24.2 Å². The Morgan fingerprint density at radius 2 is 1.96 bits per heavy atom. The molecule has 24 heavy (non-hydrogen) atoms. The van der Waals surface area contributed by atoms with E-state index >= 15 is 0 Å². The van der Waals surface area contributed by atoms with E-state index < -0.39 is 23.9 Å². The van der Waals surface area contributed by atoms with Gasteiger partial charge in [-0.3, -0.25) is 4.79 Å². The van der Waals surface area contributed by atoms with Crippen LogP contribution in [0.1, 0.15) is 31.8 Å². The molecule has 2 N–H and O–H groups in total. The van der Waals surface area contributed by atoms with Crippen LogP contribution in [0, 0.1) is 6.92 Å². The number of aromatic carboxylic acids is 1. The topological polar surface area (TPSA) is 92.7 Å². The molecule has 0 fully saturated rings. The second kappa shape index (κ2) is 6.16. The maximum atomic E-state index is 12.4. The first-order valence-corrected chi connectivity index (χ1v) is 7.39. The van der Waals surface area contributed by atoms with Crippen molar-refractivity contribution in [1.82, 2.24) is 0 Å². The zero-order valence-corrected chi connectivity index (χ0v) is 12.9. The molecule has 1 aliphatic heterocycles. The number of benzene rings is 2. The van der Waals surface area contributed by atoms with Gasteiger partial charge in [0.05, 0.1) is 16.8 Å². The maximum absolute atomic E-state index is 12.4. The zero-order chi connectivity index (χ0) is 17.3. The summed E-state index contributed by atoms with van der Waals surface area (Å²) in [6, 6.07) is 11.5. The van der Waals surface area contributed by atoms with Crippen molar-refractivity contribution >= 4 is 23.5 Å². The van der Waals surface area contributed by atoms with Crippen LogP contribution in [0.15, 0.2) is 42.5 Å². The summed E-state index contributed by atoms with van der Waals surface area (Å²) in [6.45, 7) is 1.87. The lowest BCUT2D eigenvalue weighted by molar-refractivity contribution is -0.125. The summed E-state index contributed by atoms with van der Waals surface area (Å²) >= 11 is 0. The van der Waals surface area contributed by atoms with E-state index in [9.17, 15) is 14.4 Å². The van der Waals surface area contributed by atoms with E-state index in [1.807, 2.05) is 13.0 Å². The number of carboxylic acids is 1. The first kappa shape index (κ1) is 15.7. The van der Waals surface area contributed by atoms with Crippen molar-refractivity contribution in [3.63, 3.8) is 0 Å². The normalized spacial score (nSPS) is 16.0. The van der Waals surface area contributed by atoms with E-state index in [0.717, 1.165) is 11.1 Å². The number of carbonyl (C=O) groups is 3. The van der Waals surface area contributed by atoms with Gasteiger partial charge in [-0.1, -0.05) is 29.8 Å². The summed E-state index contributed by atoms with van der Waals surface area (Å²) in [4.78, 5) is 35.7. The highest BCUT2D eigenvalue weighted by atomic mass is 16.5. The highest BCUT2D eigenvalue weighted by Gasteiger charge is 2.31. The summed E-state index contributed by atoms with van der Waals surface area (Å²) in [7, 11) is 0. The lowest BCUT2D eigenvalue weighted by Gasteiger charge is -2.24. The number of carbonyl (C=O) groups excluding carboxylic acids is 2. The first-order chi connectivity index (χ1) is 11.5. The number of esters is 1. The van der Waals surface area contributed by atoms with Crippen molar-refractivity contribution in [3.05, 3.63) is 64.7 Å². The van der Waals surface area contributed by atoms with Gasteiger partial charge in [-0.2, -0.15) is 0 Å². The van der Waals surface area contributed by atoms with Gasteiger partial charge >= 0.3 is 11.9 Å². The predicted octanol–water partition coefficient (Wildman–Crippen LogP) is 2.41. The average Bonchev–Trinajstić information content (AvgIpc) is 2.55. The fourth-order valence-electron chi connectivity index (χ4n) is 2.63. The Labute approximate surface area is 138 Å². The third-order valence-corrected chi connectivity index (χ3v) is 3.85. The van der Waals surface area contributed by atoms with Crippen molar-refractivity contribution in [3.8, 4) is 0 Å². The third-order valence-electron chi connectivity index (χ3n) is 3.85. The van der Waals surface area contributed by atoms with Crippen LogP contribution in [0.5, 0.6) is 0 Å². The molecule has 1 atom stereocenters. The molecule has 2 aromatic rings. The molecule has 0 unspecified atom stereocenters. The van der Waals surface area contributed by atoms with E-state index in [1.54, 1.807) is 24.3 Å². The van der Waals surface area contributed by atoms with Crippen LogP contribution in [0.2, 0.25) is 0 Å². The van der Waals surface area contributed by atoms with Crippen LogP contribution >= 0.6 is 0 Å². The van der Waals surface area contributed by atoms with Crippen molar-refractivity contribution in [2.75, 3.05) is 5.32 Å². The van der Waals surface area contributed by atoms with Crippen LogP contribution in [-0.4, -0.2) is 29.1 Å².